The van der Waals surface area contributed by atoms with Crippen molar-refractivity contribution in [3.63, 3.8) is 0 Å². The van der Waals surface area contributed by atoms with Crippen LogP contribution in [-0.4, -0.2) is 17.1 Å². The van der Waals surface area contributed by atoms with Crippen LogP contribution in [0.3, 0.4) is 0 Å². The Bertz CT molecular complexity index is 206. The van der Waals surface area contributed by atoms with Crippen molar-refractivity contribution in [1.82, 2.24) is 5.01 Å². The van der Waals surface area contributed by atoms with Crippen LogP contribution in [0.1, 0.15) is 0 Å². The second kappa shape index (κ2) is 1.97. The summed E-state index contributed by atoms with van der Waals surface area (Å²) < 4.78 is 0. The maximum absolute atomic E-state index is 4.07. The molecular weight excluding hydrogens is 134 g/mol. The van der Waals surface area contributed by atoms with E-state index in [9.17, 15) is 0 Å². The molecule has 2 rings (SSSR count). The Labute approximate surface area is 57.1 Å². The summed E-state index contributed by atoms with van der Waals surface area (Å²) in [4.78, 5) is 4.07. The monoisotopic (exact) mass is 139 g/mol. The van der Waals surface area contributed by atoms with E-state index in [2.05, 4.69) is 10.1 Å². The zero-order valence-corrected chi connectivity index (χ0v) is 5.51. The van der Waals surface area contributed by atoms with E-state index in [4.69, 9.17) is 0 Å². The second-order valence-corrected chi connectivity index (χ2v) is 2.65. The molecule has 0 saturated heterocycles. The number of amidine groups is 1. The molecule has 4 heteroatoms. The number of fused-ring (bicyclic) bond motifs is 1. The van der Waals surface area contributed by atoms with E-state index in [0.29, 0.717) is 0 Å². The fourth-order valence-electron chi connectivity index (χ4n) is 0.708. The van der Waals surface area contributed by atoms with Gasteiger partial charge in [0.1, 0.15) is 0 Å². The van der Waals surface area contributed by atoms with E-state index in [1.807, 2.05) is 12.4 Å². The molecule has 0 fully saturated rings. The summed E-state index contributed by atoms with van der Waals surface area (Å²) in [5.41, 5.74) is 0. The molecule has 2 aliphatic rings. The minimum absolute atomic E-state index is 0.941. The summed E-state index contributed by atoms with van der Waals surface area (Å²) >= 11 is 1.70. The molecule has 0 aliphatic carbocycles. The van der Waals surface area contributed by atoms with Gasteiger partial charge in [-0.25, -0.2) is 0 Å². The SMILES string of the molecule is C1=C[N+]2N=CCSC2=N1. The van der Waals surface area contributed by atoms with E-state index in [1.54, 1.807) is 23.0 Å². The topological polar surface area (TPSA) is 30.6 Å². The molecule has 9 heavy (non-hydrogen) atoms. The maximum Gasteiger partial charge on any atom is 0.349 e. The average molecular weight is 139 g/mol. The van der Waals surface area contributed by atoms with Gasteiger partial charge >= 0.3 is 5.17 Å². The zero-order valence-electron chi connectivity index (χ0n) is 4.69. The van der Waals surface area contributed by atoms with Gasteiger partial charge in [0, 0.05) is 5.75 Å². The molecule has 0 aromatic rings. The van der Waals surface area contributed by atoms with Gasteiger partial charge < -0.3 is 0 Å². The number of rotatable bonds is 0. The first-order chi connectivity index (χ1) is 4.47. The summed E-state index contributed by atoms with van der Waals surface area (Å²) in [6.45, 7) is 0. The lowest BCUT2D eigenvalue weighted by Crippen LogP contribution is -2.24. The Morgan fingerprint density at radius 1 is 1.67 bits per heavy atom. The van der Waals surface area contributed by atoms with Gasteiger partial charge in [0.2, 0.25) is 6.20 Å². The van der Waals surface area contributed by atoms with E-state index in [0.717, 1.165) is 10.9 Å². The highest BCUT2D eigenvalue weighted by atomic mass is 32.2. The number of thioether (sulfide) groups is 1. The van der Waals surface area contributed by atoms with Crippen LogP contribution in [0.2, 0.25) is 0 Å². The van der Waals surface area contributed by atoms with Crippen molar-refractivity contribution in [2.24, 2.45) is 10.1 Å². The third-order valence-electron chi connectivity index (χ3n) is 1.08. The van der Waals surface area contributed by atoms with Gasteiger partial charge in [-0.3, -0.25) is 0 Å². The highest BCUT2D eigenvalue weighted by molar-refractivity contribution is 8.14. The summed E-state index contributed by atoms with van der Waals surface area (Å²) in [5.74, 6) is 0.941. The first kappa shape index (κ1) is 5.20. The van der Waals surface area contributed by atoms with Crippen molar-refractivity contribution < 1.29 is 0 Å². The van der Waals surface area contributed by atoms with Crippen LogP contribution in [0.15, 0.2) is 22.5 Å². The fourth-order valence-corrected chi connectivity index (χ4v) is 1.37. The standard InChI is InChI=1S/C5H5N3S/c1-3-8-5(6-1)9-4-2-7-8/h1-3H,4H2/q+1. The molecule has 0 N–H and O–H groups in total. The van der Waals surface area contributed by atoms with Gasteiger partial charge in [0.25, 0.3) is 0 Å². The van der Waals surface area contributed by atoms with Crippen molar-refractivity contribution in [1.29, 1.82) is 0 Å². The number of nitrogens with zero attached hydrogens (tertiary/aromatic N) is 3. The Morgan fingerprint density at radius 2 is 2.67 bits per heavy atom. The number of hydrogen-bond donors (Lipinski definition) is 0. The number of hydrogen-bond acceptors (Lipinski definition) is 4. The lowest BCUT2D eigenvalue weighted by atomic mass is 10.8. The Balaban J connectivity index is 2.31. The minimum Gasteiger partial charge on any atom is -0.185 e. The summed E-state index contributed by atoms with van der Waals surface area (Å²) in [7, 11) is 0. The highest BCUT2D eigenvalue weighted by Crippen LogP contribution is 2.14. The molecule has 0 atom stereocenters. The molecule has 0 bridgehead atoms. The molecule has 0 saturated carbocycles. The highest BCUT2D eigenvalue weighted by Gasteiger charge is 2.28. The van der Waals surface area contributed by atoms with Gasteiger partial charge in [0.15, 0.2) is 0 Å². The van der Waals surface area contributed by atoms with Crippen LogP contribution >= 0.6 is 11.8 Å². The third-order valence-corrected chi connectivity index (χ3v) is 1.95. The van der Waals surface area contributed by atoms with Crippen molar-refractivity contribution in [3.05, 3.63) is 12.4 Å². The van der Waals surface area contributed by atoms with Crippen molar-refractivity contribution >= 4 is 23.1 Å². The van der Waals surface area contributed by atoms with Crippen LogP contribution in [0.5, 0.6) is 0 Å². The van der Waals surface area contributed by atoms with Crippen molar-refractivity contribution in [3.8, 4) is 0 Å². The first-order valence-corrected chi connectivity index (χ1v) is 3.64. The van der Waals surface area contributed by atoms with E-state index in [-0.39, 0.29) is 0 Å². The van der Waals surface area contributed by atoms with Crippen LogP contribution in [0.4, 0.5) is 0 Å². The lowest BCUT2D eigenvalue weighted by molar-refractivity contribution is 0.807. The van der Waals surface area contributed by atoms with Gasteiger partial charge in [-0.05, 0) is 16.9 Å². The predicted octanol–water partition coefficient (Wildman–Crippen LogP) is 0.700. The largest absolute Gasteiger partial charge is 0.349 e. The fraction of sp³-hybridized carbons (Fsp3) is 0.200. The van der Waals surface area contributed by atoms with E-state index in [1.165, 1.54) is 0 Å². The molecule has 0 aromatic carbocycles. The van der Waals surface area contributed by atoms with Crippen LogP contribution < -0.4 is 5.01 Å². The Hall–Kier alpha value is -0.610. The van der Waals surface area contributed by atoms with E-state index < -0.39 is 0 Å². The Morgan fingerprint density at radius 3 is 3.56 bits per heavy atom. The molecule has 0 aromatic heterocycles. The summed E-state index contributed by atoms with van der Waals surface area (Å²) in [6.07, 6.45) is 5.47. The summed E-state index contributed by atoms with van der Waals surface area (Å²) in [5, 5.41) is 6.82. The van der Waals surface area contributed by atoms with Gasteiger partial charge in [-0.2, -0.15) is 4.99 Å². The van der Waals surface area contributed by atoms with E-state index >= 15 is 0 Å². The number of hydrazone groups is 1. The number of aliphatic imine (C=N–C) groups is 1. The molecule has 45 valence electrons. The van der Waals surface area contributed by atoms with Crippen molar-refractivity contribution in [2.75, 3.05) is 5.75 Å². The molecule has 0 amide bonds. The third kappa shape index (κ3) is 0.799. The van der Waals surface area contributed by atoms with Gasteiger partial charge in [0.05, 0.1) is 17.4 Å². The molecule has 3 nitrogen and oxygen atoms in total. The first-order valence-electron chi connectivity index (χ1n) is 2.66. The van der Waals surface area contributed by atoms with Crippen molar-refractivity contribution in [2.45, 2.75) is 0 Å². The van der Waals surface area contributed by atoms with Gasteiger partial charge in [-0.1, -0.05) is 0 Å². The zero-order chi connectivity index (χ0) is 6.10. The lowest BCUT2D eigenvalue weighted by Gasteiger charge is -1.98. The van der Waals surface area contributed by atoms with Crippen LogP contribution in [-0.2, 0) is 0 Å². The smallest absolute Gasteiger partial charge is 0.185 e. The molecular formula is C5H5N3S+. The summed E-state index contributed by atoms with van der Waals surface area (Å²) in [6, 6.07) is 0. The predicted molar refractivity (Wildman–Crippen MR) is 39.7 cm³/mol. The molecule has 1 radical (unpaired) electrons. The quantitative estimate of drug-likeness (QED) is 0.454. The molecule has 2 aliphatic heterocycles. The maximum atomic E-state index is 4.07. The Kier molecular flexibility index (Phi) is 1.13. The second-order valence-electron chi connectivity index (χ2n) is 1.66. The molecule has 2 heterocycles. The average Bonchev–Trinajstić information content (AvgIpc) is 2.33. The molecule has 0 spiro atoms. The normalized spacial score (nSPS) is 24.2. The van der Waals surface area contributed by atoms with Crippen LogP contribution in [0, 0.1) is 0 Å². The van der Waals surface area contributed by atoms with Crippen LogP contribution in [0.25, 0.3) is 0 Å². The molecule has 0 unspecified atom stereocenters. The minimum atomic E-state index is 0.941. The van der Waals surface area contributed by atoms with Gasteiger partial charge in [-0.15, -0.1) is 0 Å².